The van der Waals surface area contributed by atoms with Gasteiger partial charge in [0.05, 0.1) is 35.7 Å². The van der Waals surface area contributed by atoms with E-state index in [0.717, 1.165) is 25.7 Å². The zero-order valence-electron chi connectivity index (χ0n) is 36.1. The van der Waals surface area contributed by atoms with Gasteiger partial charge < -0.3 is 29.2 Å². The van der Waals surface area contributed by atoms with Crippen molar-refractivity contribution < 1.29 is 38.7 Å². The van der Waals surface area contributed by atoms with Crippen LogP contribution in [0.5, 0.6) is 34.5 Å². The van der Waals surface area contributed by atoms with Crippen LogP contribution >= 0.6 is 0 Å². The van der Waals surface area contributed by atoms with Crippen molar-refractivity contribution in [1.82, 2.24) is 0 Å². The molecule has 0 aromatic heterocycles. The summed E-state index contributed by atoms with van der Waals surface area (Å²) < 4.78 is 22.9. The number of esters is 2. The minimum Gasteiger partial charge on any atom is -0.507 e. The molecule has 0 aliphatic rings. The van der Waals surface area contributed by atoms with E-state index in [0.29, 0.717) is 47.2 Å². The molecule has 326 valence electrons. The molecule has 0 atom stereocenters. The maximum absolute atomic E-state index is 13.1. The minimum absolute atomic E-state index is 0.0612. The molecular formula is C52H60N2O8. The number of aliphatic imine (C=N–C) groups is 2. The summed E-state index contributed by atoms with van der Waals surface area (Å²) in [6.45, 7) is 5.65. The highest BCUT2D eigenvalue weighted by molar-refractivity contribution is 5.94. The van der Waals surface area contributed by atoms with Crippen molar-refractivity contribution in [2.45, 2.75) is 104 Å². The Morgan fingerprint density at radius 3 is 1.23 bits per heavy atom. The zero-order chi connectivity index (χ0) is 43.8. The van der Waals surface area contributed by atoms with Crippen LogP contribution in [0.25, 0.3) is 0 Å². The van der Waals surface area contributed by atoms with Crippen molar-refractivity contribution in [1.29, 1.82) is 0 Å². The van der Waals surface area contributed by atoms with E-state index in [4.69, 9.17) is 18.9 Å². The van der Waals surface area contributed by atoms with Gasteiger partial charge in [-0.25, -0.2) is 9.59 Å². The lowest BCUT2D eigenvalue weighted by atomic mass is 10.1. The zero-order valence-corrected chi connectivity index (χ0v) is 36.1. The first-order chi connectivity index (χ1) is 30.3. The van der Waals surface area contributed by atoms with Crippen molar-refractivity contribution in [3.05, 3.63) is 131 Å². The summed E-state index contributed by atoms with van der Waals surface area (Å²) in [6.07, 6.45) is 20.0. The summed E-state index contributed by atoms with van der Waals surface area (Å²) in [6, 6.07) is 29.7. The first-order valence-corrected chi connectivity index (χ1v) is 22.1. The minimum atomic E-state index is -0.646. The van der Waals surface area contributed by atoms with Gasteiger partial charge in [-0.2, -0.15) is 0 Å². The standard InChI is InChI=1S/C52H60N2O8/c1-3-5-7-9-11-13-17-33-59-45-31-25-41(47(55)35-45)37-53-43-27-21-39(22-28-43)51(57)61-49-19-15-16-20-50(49)62-52(58)40-23-29-44(30-24-40)54-38-42-26-32-46(36-48(42)56)60-34-18-14-12-10-8-6-4-2/h15-16,19-32,35-38,55-56H,3-14,17-18,33-34H2,1-2H3. The predicted molar refractivity (Wildman–Crippen MR) is 247 cm³/mol. The van der Waals surface area contributed by atoms with Gasteiger partial charge in [0.2, 0.25) is 0 Å². The van der Waals surface area contributed by atoms with Crippen molar-refractivity contribution >= 4 is 35.7 Å². The van der Waals surface area contributed by atoms with Gasteiger partial charge in [-0.1, -0.05) is 103 Å². The monoisotopic (exact) mass is 840 g/mol. The van der Waals surface area contributed by atoms with E-state index in [-0.39, 0.29) is 34.1 Å². The fourth-order valence-electron chi connectivity index (χ4n) is 6.53. The molecular weight excluding hydrogens is 781 g/mol. The van der Waals surface area contributed by atoms with Gasteiger partial charge in [0.25, 0.3) is 0 Å². The van der Waals surface area contributed by atoms with Gasteiger partial charge in [-0.05, 0) is 97.8 Å². The van der Waals surface area contributed by atoms with Gasteiger partial charge in [0.1, 0.15) is 23.0 Å². The Balaban J connectivity index is 1.07. The largest absolute Gasteiger partial charge is 0.507 e. The molecule has 0 fully saturated rings. The van der Waals surface area contributed by atoms with E-state index >= 15 is 0 Å². The number of benzene rings is 5. The second kappa shape index (κ2) is 26.0. The molecule has 10 heteroatoms. The number of carbonyl (C=O) groups excluding carboxylic acids is 2. The van der Waals surface area contributed by atoms with E-state index in [9.17, 15) is 19.8 Å². The summed E-state index contributed by atoms with van der Waals surface area (Å²) in [7, 11) is 0. The third-order valence-corrected chi connectivity index (χ3v) is 10.2. The number of hydrogen-bond acceptors (Lipinski definition) is 10. The van der Waals surface area contributed by atoms with Crippen molar-refractivity contribution in [2.75, 3.05) is 13.2 Å². The molecule has 5 aromatic rings. The third-order valence-electron chi connectivity index (χ3n) is 10.2. The maximum Gasteiger partial charge on any atom is 0.343 e. The molecule has 62 heavy (non-hydrogen) atoms. The average molecular weight is 841 g/mol. The topological polar surface area (TPSA) is 136 Å². The number of hydrogen-bond donors (Lipinski definition) is 2. The number of phenolic OH excluding ortho intramolecular Hbond substituents is 2. The van der Waals surface area contributed by atoms with Crippen LogP contribution in [0.4, 0.5) is 11.4 Å². The van der Waals surface area contributed by atoms with Crippen molar-refractivity contribution in [3.8, 4) is 34.5 Å². The summed E-state index contributed by atoms with van der Waals surface area (Å²) in [4.78, 5) is 35.1. The van der Waals surface area contributed by atoms with Gasteiger partial charge in [0, 0.05) is 35.7 Å². The van der Waals surface area contributed by atoms with E-state index in [2.05, 4.69) is 23.8 Å². The number of carbonyl (C=O) groups is 2. The van der Waals surface area contributed by atoms with Crippen LogP contribution in [-0.2, 0) is 0 Å². The molecule has 0 saturated carbocycles. The van der Waals surface area contributed by atoms with Gasteiger partial charge in [-0.3, -0.25) is 9.98 Å². The van der Waals surface area contributed by atoms with Crippen LogP contribution in [0.1, 0.15) is 136 Å². The molecule has 0 bridgehead atoms. The van der Waals surface area contributed by atoms with Crippen molar-refractivity contribution in [2.24, 2.45) is 9.98 Å². The molecule has 0 amide bonds. The first-order valence-electron chi connectivity index (χ1n) is 22.1. The summed E-state index contributed by atoms with van der Waals surface area (Å²) >= 11 is 0. The highest BCUT2D eigenvalue weighted by atomic mass is 16.6. The van der Waals surface area contributed by atoms with Crippen LogP contribution in [0.2, 0.25) is 0 Å². The molecule has 5 aromatic carbocycles. The average Bonchev–Trinajstić information content (AvgIpc) is 3.28. The van der Waals surface area contributed by atoms with Gasteiger partial charge in [0.15, 0.2) is 11.5 Å². The van der Waals surface area contributed by atoms with E-state index in [1.807, 2.05) is 12.1 Å². The highest BCUT2D eigenvalue weighted by Crippen LogP contribution is 2.30. The molecule has 0 heterocycles. The quantitative estimate of drug-likeness (QED) is 0.0243. The Hall–Kier alpha value is -6.42. The maximum atomic E-state index is 13.1. The SMILES string of the molecule is CCCCCCCCCOc1ccc(C=Nc2ccc(C(=O)Oc3ccccc3OC(=O)c3ccc(N=Cc4ccc(OCCCCCCCCC)cc4O)cc3)cc2)c(O)c1. The van der Waals surface area contributed by atoms with Crippen LogP contribution in [0.15, 0.2) is 119 Å². The smallest absolute Gasteiger partial charge is 0.343 e. The third kappa shape index (κ3) is 15.9. The predicted octanol–water partition coefficient (Wildman–Crippen LogP) is 13.3. The van der Waals surface area contributed by atoms with E-state index in [1.54, 1.807) is 109 Å². The number of rotatable bonds is 26. The Bertz CT molecular complexity index is 2040. The molecule has 2 N–H and O–H groups in total. The molecule has 0 aliphatic heterocycles. The molecule has 0 saturated heterocycles. The molecule has 0 spiro atoms. The fourth-order valence-corrected chi connectivity index (χ4v) is 6.53. The van der Waals surface area contributed by atoms with Crippen LogP contribution in [-0.4, -0.2) is 47.8 Å². The lowest BCUT2D eigenvalue weighted by Crippen LogP contribution is -2.12. The van der Waals surface area contributed by atoms with Gasteiger partial charge in [-0.15, -0.1) is 0 Å². The normalized spacial score (nSPS) is 11.3. The molecule has 0 aliphatic carbocycles. The fraction of sp³-hybridized carbons (Fsp3) is 0.346. The Kier molecular flexibility index (Phi) is 19.6. The second-order valence-corrected chi connectivity index (χ2v) is 15.2. The number of aromatic hydroxyl groups is 2. The number of ether oxygens (including phenoxy) is 4. The van der Waals surface area contributed by atoms with E-state index < -0.39 is 11.9 Å². The summed E-state index contributed by atoms with van der Waals surface area (Å²) in [5, 5.41) is 21.1. The number of nitrogens with zero attached hydrogens (tertiary/aromatic N) is 2. The van der Waals surface area contributed by atoms with Crippen LogP contribution < -0.4 is 18.9 Å². The summed E-state index contributed by atoms with van der Waals surface area (Å²) in [5.74, 6) is 0.210. The second-order valence-electron chi connectivity index (χ2n) is 15.2. The number of phenols is 2. The van der Waals surface area contributed by atoms with Crippen molar-refractivity contribution in [3.63, 3.8) is 0 Å². The molecule has 0 radical (unpaired) electrons. The van der Waals surface area contributed by atoms with Crippen LogP contribution in [0, 0.1) is 0 Å². The lowest BCUT2D eigenvalue weighted by molar-refractivity contribution is 0.0682. The Morgan fingerprint density at radius 2 is 0.855 bits per heavy atom. The molecule has 5 rings (SSSR count). The molecule has 0 unspecified atom stereocenters. The summed E-state index contributed by atoms with van der Waals surface area (Å²) in [5.41, 5.74) is 2.73. The lowest BCUT2D eigenvalue weighted by Gasteiger charge is -2.11. The first kappa shape index (κ1) is 46.6. The van der Waals surface area contributed by atoms with E-state index in [1.165, 1.54) is 64.2 Å². The Morgan fingerprint density at radius 1 is 0.484 bits per heavy atom. The highest BCUT2D eigenvalue weighted by Gasteiger charge is 2.16. The Labute approximate surface area is 366 Å². The van der Waals surface area contributed by atoms with Gasteiger partial charge >= 0.3 is 11.9 Å². The molecule has 10 nitrogen and oxygen atoms in total. The number of para-hydroxylation sites is 2. The number of unbranched alkanes of at least 4 members (excludes halogenated alkanes) is 12. The van der Waals surface area contributed by atoms with Crippen LogP contribution in [0.3, 0.4) is 0 Å².